The van der Waals surface area contributed by atoms with Crippen molar-refractivity contribution in [2.45, 2.75) is 6.92 Å². The molecule has 102 valence electrons. The van der Waals surface area contributed by atoms with Gasteiger partial charge in [-0.3, -0.25) is 0 Å². The fourth-order valence-corrected chi connectivity index (χ4v) is 2.05. The number of rotatable bonds is 3. The number of H-pyrrole nitrogens is 1. The van der Waals surface area contributed by atoms with Crippen molar-refractivity contribution in [3.8, 4) is 17.3 Å². The molecule has 0 radical (unpaired) electrons. The molecule has 0 amide bonds. The van der Waals surface area contributed by atoms with Gasteiger partial charge < -0.3 is 21.2 Å². The number of anilines is 2. The van der Waals surface area contributed by atoms with Gasteiger partial charge in [-0.25, -0.2) is 4.98 Å². The molecule has 6 nitrogen and oxygen atoms in total. The lowest BCUT2D eigenvalue weighted by Crippen LogP contribution is -1.93. The second-order valence-corrected chi connectivity index (χ2v) is 4.43. The van der Waals surface area contributed by atoms with E-state index in [1.807, 2.05) is 31.2 Å². The highest BCUT2D eigenvalue weighted by Crippen LogP contribution is 2.25. The highest BCUT2D eigenvalue weighted by molar-refractivity contribution is 5.78. The van der Waals surface area contributed by atoms with Gasteiger partial charge in [0.25, 0.3) is 0 Å². The van der Waals surface area contributed by atoms with Crippen molar-refractivity contribution in [1.29, 1.82) is 0 Å². The maximum atomic E-state index is 5.80. The highest BCUT2D eigenvalue weighted by Gasteiger charge is 2.08. The predicted molar refractivity (Wildman–Crippen MR) is 79.3 cm³/mol. The van der Waals surface area contributed by atoms with Crippen molar-refractivity contribution >= 4 is 22.5 Å². The zero-order valence-corrected chi connectivity index (χ0v) is 11.1. The first-order valence-corrected chi connectivity index (χ1v) is 6.31. The normalized spacial score (nSPS) is 10.8. The van der Waals surface area contributed by atoms with Crippen molar-refractivity contribution < 1.29 is 4.74 Å². The molecule has 0 unspecified atom stereocenters. The number of ether oxygens (including phenoxy) is 1. The molecule has 0 atom stereocenters. The summed E-state index contributed by atoms with van der Waals surface area (Å²) in [7, 11) is 0. The van der Waals surface area contributed by atoms with Gasteiger partial charge in [-0.05, 0) is 31.2 Å². The Morgan fingerprint density at radius 3 is 2.55 bits per heavy atom. The summed E-state index contributed by atoms with van der Waals surface area (Å²) in [4.78, 5) is 12.0. The Hall–Kier alpha value is -2.76. The lowest BCUT2D eigenvalue weighted by Gasteiger charge is -2.01. The number of pyridine rings is 1. The van der Waals surface area contributed by atoms with E-state index in [0.717, 1.165) is 11.1 Å². The van der Waals surface area contributed by atoms with E-state index in [1.54, 1.807) is 6.07 Å². The minimum absolute atomic E-state index is 0.560. The molecule has 2 heterocycles. The van der Waals surface area contributed by atoms with E-state index in [2.05, 4.69) is 15.0 Å². The second kappa shape index (κ2) is 4.73. The summed E-state index contributed by atoms with van der Waals surface area (Å²) in [5.41, 5.74) is 15.1. The molecule has 0 aliphatic rings. The summed E-state index contributed by atoms with van der Waals surface area (Å²) in [6, 6.07) is 9.04. The van der Waals surface area contributed by atoms with E-state index < -0.39 is 0 Å². The maximum absolute atomic E-state index is 5.80. The molecule has 3 rings (SSSR count). The first-order valence-electron chi connectivity index (χ1n) is 6.31. The van der Waals surface area contributed by atoms with Gasteiger partial charge in [0.2, 0.25) is 5.88 Å². The predicted octanol–water partition coefficient (Wildman–Crippen LogP) is 2.19. The van der Waals surface area contributed by atoms with Gasteiger partial charge in [0, 0.05) is 23.0 Å². The molecule has 0 bridgehead atoms. The summed E-state index contributed by atoms with van der Waals surface area (Å²) in [6.07, 6.45) is 0. The van der Waals surface area contributed by atoms with Crippen LogP contribution in [0.15, 0.2) is 30.3 Å². The Balaban J connectivity index is 2.08. The highest BCUT2D eigenvalue weighted by atomic mass is 16.5. The molecule has 6 heteroatoms. The molecule has 1 aromatic carbocycles. The van der Waals surface area contributed by atoms with Gasteiger partial charge in [-0.2, -0.15) is 4.98 Å². The number of nitrogens with two attached hydrogens (primary N) is 2. The average molecular weight is 269 g/mol. The van der Waals surface area contributed by atoms with Crippen LogP contribution in [0.25, 0.3) is 22.6 Å². The van der Waals surface area contributed by atoms with E-state index >= 15 is 0 Å². The van der Waals surface area contributed by atoms with Crippen LogP contribution in [0.5, 0.6) is 5.88 Å². The monoisotopic (exact) mass is 269 g/mol. The molecular weight excluding hydrogens is 254 g/mol. The largest absolute Gasteiger partial charge is 0.478 e. The molecule has 0 saturated heterocycles. The summed E-state index contributed by atoms with van der Waals surface area (Å²) < 4.78 is 5.36. The van der Waals surface area contributed by atoms with Gasteiger partial charge in [-0.1, -0.05) is 0 Å². The van der Waals surface area contributed by atoms with Crippen molar-refractivity contribution in [3.63, 3.8) is 0 Å². The number of hydrogen-bond donors (Lipinski definition) is 3. The van der Waals surface area contributed by atoms with Gasteiger partial charge in [-0.15, -0.1) is 0 Å². The van der Waals surface area contributed by atoms with E-state index in [-0.39, 0.29) is 0 Å². The Kier molecular flexibility index (Phi) is 2.90. The van der Waals surface area contributed by atoms with E-state index in [4.69, 9.17) is 16.2 Å². The van der Waals surface area contributed by atoms with Crippen molar-refractivity contribution in [2.75, 3.05) is 18.1 Å². The first kappa shape index (κ1) is 12.3. The average Bonchev–Trinajstić information content (AvgIpc) is 2.81. The Morgan fingerprint density at radius 2 is 1.85 bits per heavy atom. The number of nitrogens with zero attached hydrogens (tertiary/aromatic N) is 2. The molecule has 0 spiro atoms. The number of nitrogens with one attached hydrogen (secondary N) is 1. The maximum Gasteiger partial charge on any atom is 0.215 e. The quantitative estimate of drug-likeness (QED) is 0.632. The number of benzene rings is 1. The molecule has 2 aromatic heterocycles. The van der Waals surface area contributed by atoms with Crippen LogP contribution in [0.1, 0.15) is 6.92 Å². The fourth-order valence-electron chi connectivity index (χ4n) is 2.05. The molecule has 0 fully saturated rings. The number of nitrogen functional groups attached to an aromatic ring is 2. The van der Waals surface area contributed by atoms with Crippen LogP contribution in [-0.2, 0) is 0 Å². The third-order valence-corrected chi connectivity index (χ3v) is 2.86. The molecule has 3 aromatic rings. The van der Waals surface area contributed by atoms with E-state index in [9.17, 15) is 0 Å². The molecular formula is C14H15N5O. The molecule has 0 saturated carbocycles. The fraction of sp³-hybridized carbons (Fsp3) is 0.143. The molecule has 0 aliphatic heterocycles. The standard InChI is InChI=1S/C14H15N5O/c1-2-20-12-4-3-11-14(18-12)19-13(17-11)8-5-9(15)7-10(16)6-8/h3-7H,2,15-16H2,1H3,(H,17,18,19). The first-order chi connectivity index (χ1) is 9.65. The van der Waals surface area contributed by atoms with E-state index in [0.29, 0.717) is 35.3 Å². The Bertz CT molecular complexity index is 745. The summed E-state index contributed by atoms with van der Waals surface area (Å²) in [6.45, 7) is 2.49. The second-order valence-electron chi connectivity index (χ2n) is 4.43. The smallest absolute Gasteiger partial charge is 0.215 e. The minimum Gasteiger partial charge on any atom is -0.478 e. The van der Waals surface area contributed by atoms with Crippen LogP contribution >= 0.6 is 0 Å². The zero-order chi connectivity index (χ0) is 14.1. The van der Waals surface area contributed by atoms with Crippen LogP contribution in [0, 0.1) is 0 Å². The van der Waals surface area contributed by atoms with Crippen LogP contribution in [0.3, 0.4) is 0 Å². The number of hydrogen-bond acceptors (Lipinski definition) is 5. The summed E-state index contributed by atoms with van der Waals surface area (Å²) >= 11 is 0. The Labute approximate surface area is 115 Å². The van der Waals surface area contributed by atoms with Gasteiger partial charge in [0.05, 0.1) is 12.1 Å². The third kappa shape index (κ3) is 2.23. The SMILES string of the molecule is CCOc1ccc2[nH]c(-c3cc(N)cc(N)c3)nc2n1. The van der Waals surface area contributed by atoms with Crippen LogP contribution in [-0.4, -0.2) is 21.6 Å². The van der Waals surface area contributed by atoms with E-state index in [1.165, 1.54) is 0 Å². The zero-order valence-electron chi connectivity index (χ0n) is 11.1. The number of aromatic nitrogens is 3. The van der Waals surface area contributed by atoms with Crippen LogP contribution < -0.4 is 16.2 Å². The number of aromatic amines is 1. The van der Waals surface area contributed by atoms with Crippen molar-refractivity contribution in [1.82, 2.24) is 15.0 Å². The molecule has 5 N–H and O–H groups in total. The number of imidazole rings is 1. The lowest BCUT2D eigenvalue weighted by molar-refractivity contribution is 0.328. The summed E-state index contributed by atoms with van der Waals surface area (Å²) in [5, 5.41) is 0. The van der Waals surface area contributed by atoms with Crippen LogP contribution in [0.2, 0.25) is 0 Å². The van der Waals surface area contributed by atoms with Gasteiger partial charge >= 0.3 is 0 Å². The topological polar surface area (TPSA) is 103 Å². The van der Waals surface area contributed by atoms with Gasteiger partial charge in [0.1, 0.15) is 5.82 Å². The third-order valence-electron chi connectivity index (χ3n) is 2.86. The molecule has 20 heavy (non-hydrogen) atoms. The van der Waals surface area contributed by atoms with Gasteiger partial charge in [0.15, 0.2) is 5.65 Å². The number of fused-ring (bicyclic) bond motifs is 1. The minimum atomic E-state index is 0.560. The van der Waals surface area contributed by atoms with Crippen LogP contribution in [0.4, 0.5) is 11.4 Å². The van der Waals surface area contributed by atoms with Crippen molar-refractivity contribution in [3.05, 3.63) is 30.3 Å². The van der Waals surface area contributed by atoms with Crippen molar-refractivity contribution in [2.24, 2.45) is 0 Å². The Morgan fingerprint density at radius 1 is 1.10 bits per heavy atom. The summed E-state index contributed by atoms with van der Waals surface area (Å²) in [5.74, 6) is 1.24. The molecule has 0 aliphatic carbocycles. The lowest BCUT2D eigenvalue weighted by atomic mass is 10.1.